The molecule has 0 fully saturated rings. The lowest BCUT2D eigenvalue weighted by molar-refractivity contribution is 0.0935. The maximum atomic E-state index is 12.4. The minimum atomic E-state index is -0.0450. The molecule has 1 unspecified atom stereocenters. The lowest BCUT2D eigenvalue weighted by Gasteiger charge is -2.18. The standard InChI is InChI=1S/C19H23NO2/c1-4-18(16-9-5-14(2)6-10-16)20-19(21)17-11-7-15(8-12-17)13-22-3/h5-12,18H,4,13H2,1-3H3,(H,20,21). The van der Waals surface area contributed by atoms with Crippen molar-refractivity contribution in [2.75, 3.05) is 7.11 Å². The summed E-state index contributed by atoms with van der Waals surface area (Å²) < 4.78 is 5.08. The summed E-state index contributed by atoms with van der Waals surface area (Å²) in [4.78, 5) is 12.4. The molecule has 0 aliphatic carbocycles. The summed E-state index contributed by atoms with van der Waals surface area (Å²) in [7, 11) is 1.66. The molecule has 3 heteroatoms. The van der Waals surface area contributed by atoms with Crippen LogP contribution < -0.4 is 5.32 Å². The molecule has 3 nitrogen and oxygen atoms in total. The van der Waals surface area contributed by atoms with Crippen LogP contribution in [0.5, 0.6) is 0 Å². The van der Waals surface area contributed by atoms with E-state index in [9.17, 15) is 4.79 Å². The molecule has 2 rings (SSSR count). The second kappa shape index (κ2) is 7.76. The van der Waals surface area contributed by atoms with Crippen molar-refractivity contribution >= 4 is 5.91 Å². The van der Waals surface area contributed by atoms with Gasteiger partial charge in [0.2, 0.25) is 0 Å². The maximum Gasteiger partial charge on any atom is 0.251 e. The molecule has 1 N–H and O–H groups in total. The number of carbonyl (C=O) groups is 1. The van der Waals surface area contributed by atoms with Crippen LogP contribution in [0.25, 0.3) is 0 Å². The highest BCUT2D eigenvalue weighted by Gasteiger charge is 2.13. The number of methoxy groups -OCH3 is 1. The minimum absolute atomic E-state index is 0.0340. The quantitative estimate of drug-likeness (QED) is 0.874. The van der Waals surface area contributed by atoms with Crippen LogP contribution >= 0.6 is 0 Å². The van der Waals surface area contributed by atoms with Gasteiger partial charge in [-0.25, -0.2) is 0 Å². The van der Waals surface area contributed by atoms with E-state index < -0.39 is 0 Å². The molecule has 0 aromatic heterocycles. The van der Waals surface area contributed by atoms with Crippen LogP contribution in [0, 0.1) is 6.92 Å². The van der Waals surface area contributed by atoms with Crippen LogP contribution in [0.3, 0.4) is 0 Å². The summed E-state index contributed by atoms with van der Waals surface area (Å²) in [6.07, 6.45) is 0.858. The molecule has 2 aromatic rings. The third-order valence-electron chi connectivity index (χ3n) is 3.72. The van der Waals surface area contributed by atoms with E-state index in [1.807, 2.05) is 24.3 Å². The van der Waals surface area contributed by atoms with E-state index in [2.05, 4.69) is 43.4 Å². The molecule has 0 bridgehead atoms. The smallest absolute Gasteiger partial charge is 0.251 e. The fraction of sp³-hybridized carbons (Fsp3) is 0.316. The second-order valence-electron chi connectivity index (χ2n) is 5.47. The van der Waals surface area contributed by atoms with Crippen LogP contribution in [0.1, 0.15) is 46.4 Å². The number of aryl methyl sites for hydroxylation is 1. The lowest BCUT2D eigenvalue weighted by Crippen LogP contribution is -2.28. The molecule has 0 saturated carbocycles. The highest BCUT2D eigenvalue weighted by Crippen LogP contribution is 2.18. The molecule has 0 heterocycles. The first-order chi connectivity index (χ1) is 10.6. The Hall–Kier alpha value is -2.13. The third-order valence-corrected chi connectivity index (χ3v) is 3.72. The Labute approximate surface area is 132 Å². The molecule has 0 spiro atoms. The summed E-state index contributed by atoms with van der Waals surface area (Å²) in [6.45, 7) is 4.69. The summed E-state index contributed by atoms with van der Waals surface area (Å²) in [5.41, 5.74) is 4.09. The number of hydrogen-bond donors (Lipinski definition) is 1. The predicted molar refractivity (Wildman–Crippen MR) is 88.8 cm³/mol. The molecule has 22 heavy (non-hydrogen) atoms. The van der Waals surface area contributed by atoms with E-state index in [0.29, 0.717) is 12.2 Å². The molecule has 0 radical (unpaired) electrons. The number of carbonyl (C=O) groups excluding carboxylic acids is 1. The van der Waals surface area contributed by atoms with Gasteiger partial charge in [-0.2, -0.15) is 0 Å². The topological polar surface area (TPSA) is 38.3 Å². The van der Waals surface area contributed by atoms with Gasteiger partial charge in [-0.15, -0.1) is 0 Å². The molecular formula is C19H23NO2. The van der Waals surface area contributed by atoms with E-state index in [1.54, 1.807) is 7.11 Å². The van der Waals surface area contributed by atoms with E-state index in [0.717, 1.165) is 17.5 Å². The Balaban J connectivity index is 2.06. The average Bonchev–Trinajstić information content (AvgIpc) is 2.54. The summed E-state index contributed by atoms with van der Waals surface area (Å²) >= 11 is 0. The van der Waals surface area contributed by atoms with Crippen molar-refractivity contribution in [1.82, 2.24) is 5.32 Å². The van der Waals surface area contributed by atoms with E-state index in [1.165, 1.54) is 5.56 Å². The van der Waals surface area contributed by atoms with E-state index in [-0.39, 0.29) is 11.9 Å². The summed E-state index contributed by atoms with van der Waals surface area (Å²) in [6, 6.07) is 15.9. The van der Waals surface area contributed by atoms with Gasteiger partial charge < -0.3 is 10.1 Å². The first-order valence-corrected chi connectivity index (χ1v) is 7.59. The van der Waals surface area contributed by atoms with Gasteiger partial charge in [-0.1, -0.05) is 48.9 Å². The van der Waals surface area contributed by atoms with Crippen molar-refractivity contribution in [2.45, 2.75) is 32.9 Å². The molecule has 0 saturated heterocycles. The minimum Gasteiger partial charge on any atom is -0.380 e. The van der Waals surface area contributed by atoms with Crippen molar-refractivity contribution < 1.29 is 9.53 Å². The summed E-state index contributed by atoms with van der Waals surface area (Å²) in [5, 5.41) is 3.10. The van der Waals surface area contributed by atoms with Gasteiger partial charge in [-0.05, 0) is 36.6 Å². The van der Waals surface area contributed by atoms with Gasteiger partial charge in [0.25, 0.3) is 5.91 Å². The zero-order chi connectivity index (χ0) is 15.9. The van der Waals surface area contributed by atoms with Crippen LogP contribution in [0.4, 0.5) is 0 Å². The molecule has 0 aliphatic rings. The average molecular weight is 297 g/mol. The van der Waals surface area contributed by atoms with Gasteiger partial charge in [0, 0.05) is 12.7 Å². The van der Waals surface area contributed by atoms with Crippen molar-refractivity contribution in [3.63, 3.8) is 0 Å². The van der Waals surface area contributed by atoms with Crippen LogP contribution in [0.15, 0.2) is 48.5 Å². The predicted octanol–water partition coefficient (Wildman–Crippen LogP) is 4.02. The molecule has 1 atom stereocenters. The Morgan fingerprint density at radius 1 is 1.09 bits per heavy atom. The largest absolute Gasteiger partial charge is 0.380 e. The van der Waals surface area contributed by atoms with Crippen molar-refractivity contribution in [1.29, 1.82) is 0 Å². The molecule has 1 amide bonds. The molecule has 2 aromatic carbocycles. The van der Waals surface area contributed by atoms with Gasteiger partial charge in [-0.3, -0.25) is 4.79 Å². The zero-order valence-electron chi connectivity index (χ0n) is 13.4. The SMILES string of the molecule is CCC(NC(=O)c1ccc(COC)cc1)c1ccc(C)cc1. The molecule has 0 aliphatic heterocycles. The number of nitrogens with one attached hydrogen (secondary N) is 1. The van der Waals surface area contributed by atoms with Crippen LogP contribution in [-0.2, 0) is 11.3 Å². The van der Waals surface area contributed by atoms with E-state index >= 15 is 0 Å². The van der Waals surface area contributed by atoms with Gasteiger partial charge in [0.1, 0.15) is 0 Å². The Morgan fingerprint density at radius 2 is 1.73 bits per heavy atom. The highest BCUT2D eigenvalue weighted by molar-refractivity contribution is 5.94. The normalized spacial score (nSPS) is 12.0. The first-order valence-electron chi connectivity index (χ1n) is 7.59. The monoisotopic (exact) mass is 297 g/mol. The molecular weight excluding hydrogens is 274 g/mol. The van der Waals surface area contributed by atoms with Crippen LogP contribution in [-0.4, -0.2) is 13.0 Å². The van der Waals surface area contributed by atoms with Gasteiger partial charge in [0.15, 0.2) is 0 Å². The highest BCUT2D eigenvalue weighted by atomic mass is 16.5. The van der Waals surface area contributed by atoms with Crippen molar-refractivity contribution in [3.8, 4) is 0 Å². The Kier molecular flexibility index (Phi) is 5.73. The first kappa shape index (κ1) is 16.2. The molecule has 116 valence electrons. The fourth-order valence-electron chi connectivity index (χ4n) is 2.38. The van der Waals surface area contributed by atoms with Gasteiger partial charge >= 0.3 is 0 Å². The number of rotatable bonds is 6. The van der Waals surface area contributed by atoms with Crippen molar-refractivity contribution in [3.05, 3.63) is 70.8 Å². The fourth-order valence-corrected chi connectivity index (χ4v) is 2.38. The maximum absolute atomic E-state index is 12.4. The van der Waals surface area contributed by atoms with Crippen molar-refractivity contribution in [2.24, 2.45) is 0 Å². The van der Waals surface area contributed by atoms with Gasteiger partial charge in [0.05, 0.1) is 12.6 Å². The second-order valence-corrected chi connectivity index (χ2v) is 5.47. The third kappa shape index (κ3) is 4.18. The Morgan fingerprint density at radius 3 is 2.27 bits per heavy atom. The lowest BCUT2D eigenvalue weighted by atomic mass is 10.0. The number of ether oxygens (including phenoxy) is 1. The van der Waals surface area contributed by atoms with E-state index in [4.69, 9.17) is 4.74 Å². The number of benzene rings is 2. The summed E-state index contributed by atoms with van der Waals surface area (Å²) in [5.74, 6) is -0.0450. The van der Waals surface area contributed by atoms with Crippen LogP contribution in [0.2, 0.25) is 0 Å². The number of hydrogen-bond acceptors (Lipinski definition) is 2. The number of amides is 1. The Bertz CT molecular complexity index is 602. The zero-order valence-corrected chi connectivity index (χ0v) is 13.4.